The molecule has 0 spiro atoms. The van der Waals surface area contributed by atoms with E-state index in [1.165, 1.54) is 11.3 Å². The van der Waals surface area contributed by atoms with Crippen molar-refractivity contribution in [3.8, 4) is 21.0 Å². The molecule has 0 saturated carbocycles. The molecule has 1 aromatic heterocycles. The van der Waals surface area contributed by atoms with Gasteiger partial charge in [0.25, 0.3) is 0 Å². The molecular weight excluding hydrogens is 542 g/mol. The molecule has 10 heteroatoms. The lowest BCUT2D eigenvalue weighted by Crippen LogP contribution is -2.41. The van der Waals surface area contributed by atoms with Gasteiger partial charge in [-0.3, -0.25) is 4.90 Å². The number of allylic oxidation sites excluding steroid dienone is 3. The number of anilines is 2. The monoisotopic (exact) mass is 577 g/mol. The summed E-state index contributed by atoms with van der Waals surface area (Å²) >= 11 is 1.41. The molecule has 1 aliphatic carbocycles. The van der Waals surface area contributed by atoms with Gasteiger partial charge in [0.05, 0.1) is 9.77 Å². The Kier molecular flexibility index (Phi) is 7.37. The molecule has 2 aliphatic rings. The Bertz CT molecular complexity index is 1590. The maximum atomic E-state index is 13.7. The largest absolute Gasteiger partial charge is 0.399 e. The van der Waals surface area contributed by atoms with E-state index in [2.05, 4.69) is 28.8 Å². The van der Waals surface area contributed by atoms with Gasteiger partial charge in [0, 0.05) is 59.3 Å². The molecule has 2 aromatic carbocycles. The second kappa shape index (κ2) is 10.5. The third-order valence-electron chi connectivity index (χ3n) is 6.91. The van der Waals surface area contributed by atoms with Gasteiger partial charge in [0.15, 0.2) is 0 Å². The van der Waals surface area contributed by atoms with E-state index in [4.69, 9.17) is 5.73 Å². The number of nitrogen functional groups attached to an aromatic ring is 1. The highest BCUT2D eigenvalue weighted by Crippen LogP contribution is 2.38. The van der Waals surface area contributed by atoms with Gasteiger partial charge in [-0.25, -0.2) is 22.9 Å². The van der Waals surface area contributed by atoms with Gasteiger partial charge in [-0.05, 0) is 63.6 Å². The highest BCUT2D eigenvalue weighted by atomic mass is 32.2. The third-order valence-corrected chi connectivity index (χ3v) is 9.79. The van der Waals surface area contributed by atoms with Crippen LogP contribution in [0.25, 0.3) is 21.0 Å². The number of aromatic nitrogens is 1. The molecule has 40 heavy (non-hydrogen) atoms. The van der Waals surface area contributed by atoms with Crippen molar-refractivity contribution in [3.63, 3.8) is 0 Å². The first kappa shape index (κ1) is 28.1. The first-order chi connectivity index (χ1) is 18.8. The summed E-state index contributed by atoms with van der Waals surface area (Å²) < 4.78 is 30.2. The number of sulfonamides is 1. The molecule has 1 atom stereocenters. The number of nitrogens with two attached hydrogens (primary N) is 1. The maximum Gasteiger partial charge on any atom is 0.324 e. The Morgan fingerprint density at radius 2 is 1.85 bits per heavy atom. The summed E-state index contributed by atoms with van der Waals surface area (Å²) in [5.74, 6) is 0. The minimum absolute atomic E-state index is 0.117. The SMILES string of the molecule is CC1(CN2CCN(c3ccc(-c4cnc(-c5ccc(N)cc5)s4)c(S(=O)(=O)NC(C)(C)C)c3)C2=O)C=CC=CC1. The van der Waals surface area contributed by atoms with Crippen LogP contribution in [0.2, 0.25) is 0 Å². The quantitative estimate of drug-likeness (QED) is 0.340. The van der Waals surface area contributed by atoms with Crippen LogP contribution in [0.3, 0.4) is 0 Å². The van der Waals surface area contributed by atoms with Crippen molar-refractivity contribution < 1.29 is 13.2 Å². The van der Waals surface area contributed by atoms with E-state index in [1.807, 2.05) is 47.4 Å². The minimum Gasteiger partial charge on any atom is -0.399 e. The van der Waals surface area contributed by atoms with Crippen LogP contribution in [0.15, 0.2) is 77.9 Å². The first-order valence-corrected chi connectivity index (χ1v) is 15.5. The number of carbonyl (C=O) groups excluding carboxylic acids is 1. The molecule has 3 N–H and O–H groups in total. The number of rotatable bonds is 7. The number of hydrogen-bond acceptors (Lipinski definition) is 6. The highest BCUT2D eigenvalue weighted by Gasteiger charge is 2.35. The van der Waals surface area contributed by atoms with Crippen molar-refractivity contribution in [2.75, 3.05) is 30.3 Å². The van der Waals surface area contributed by atoms with Crippen LogP contribution in [0, 0.1) is 5.41 Å². The summed E-state index contributed by atoms with van der Waals surface area (Å²) in [6, 6.07) is 12.5. The van der Waals surface area contributed by atoms with Gasteiger partial charge in [0.2, 0.25) is 10.0 Å². The average Bonchev–Trinajstić information content (AvgIpc) is 3.50. The minimum atomic E-state index is -3.93. The number of benzene rings is 2. The summed E-state index contributed by atoms with van der Waals surface area (Å²) in [6.45, 7) is 9.23. The summed E-state index contributed by atoms with van der Waals surface area (Å²) in [7, 11) is -3.93. The lowest BCUT2D eigenvalue weighted by atomic mass is 9.83. The van der Waals surface area contributed by atoms with Gasteiger partial charge in [-0.15, -0.1) is 11.3 Å². The molecular formula is C30H35N5O3S2. The van der Waals surface area contributed by atoms with Gasteiger partial charge in [-0.1, -0.05) is 37.3 Å². The normalized spacial score (nSPS) is 19.6. The number of urea groups is 1. The summed E-state index contributed by atoms with van der Waals surface area (Å²) in [6.07, 6.45) is 10.9. The number of nitrogens with zero attached hydrogens (tertiary/aromatic N) is 3. The molecule has 1 fully saturated rings. The van der Waals surface area contributed by atoms with E-state index in [1.54, 1.807) is 44.0 Å². The summed E-state index contributed by atoms with van der Waals surface area (Å²) in [5.41, 5.74) is 7.67. The van der Waals surface area contributed by atoms with Crippen LogP contribution in [-0.4, -0.2) is 49.5 Å². The van der Waals surface area contributed by atoms with E-state index in [0.29, 0.717) is 41.4 Å². The average molecular weight is 578 g/mol. The van der Waals surface area contributed by atoms with Crippen molar-refractivity contribution in [1.29, 1.82) is 0 Å². The fraction of sp³-hybridized carbons (Fsp3) is 0.333. The molecule has 8 nitrogen and oxygen atoms in total. The second-order valence-electron chi connectivity index (χ2n) is 11.7. The Morgan fingerprint density at radius 1 is 1.10 bits per heavy atom. The molecule has 1 aliphatic heterocycles. The maximum absolute atomic E-state index is 13.7. The molecule has 2 amide bonds. The smallest absolute Gasteiger partial charge is 0.324 e. The zero-order chi connectivity index (χ0) is 28.7. The number of hydrogen-bond donors (Lipinski definition) is 2. The van der Waals surface area contributed by atoms with Crippen molar-refractivity contribution in [3.05, 3.63) is 73.0 Å². The number of nitrogens with one attached hydrogen (secondary N) is 1. The molecule has 2 heterocycles. The van der Waals surface area contributed by atoms with E-state index in [9.17, 15) is 13.2 Å². The second-order valence-corrected chi connectivity index (χ2v) is 14.4. The summed E-state index contributed by atoms with van der Waals surface area (Å²) in [5, 5.41) is 0.761. The molecule has 0 bridgehead atoms. The zero-order valence-electron chi connectivity index (χ0n) is 23.2. The van der Waals surface area contributed by atoms with Gasteiger partial charge in [-0.2, -0.15) is 0 Å². The summed E-state index contributed by atoms with van der Waals surface area (Å²) in [4.78, 5) is 22.4. The molecule has 0 radical (unpaired) electrons. The molecule has 1 saturated heterocycles. The zero-order valence-corrected chi connectivity index (χ0v) is 24.8. The molecule has 3 aromatic rings. The Labute approximate surface area is 240 Å². The third kappa shape index (κ3) is 5.99. The van der Waals surface area contributed by atoms with E-state index in [-0.39, 0.29) is 16.3 Å². The topological polar surface area (TPSA) is 109 Å². The van der Waals surface area contributed by atoms with Crippen molar-refractivity contribution in [2.24, 2.45) is 5.41 Å². The van der Waals surface area contributed by atoms with Crippen LogP contribution in [0.4, 0.5) is 16.2 Å². The van der Waals surface area contributed by atoms with Crippen molar-refractivity contribution >= 4 is 38.8 Å². The number of carbonyl (C=O) groups is 1. The van der Waals surface area contributed by atoms with E-state index < -0.39 is 15.6 Å². The highest BCUT2D eigenvalue weighted by molar-refractivity contribution is 7.89. The van der Waals surface area contributed by atoms with Crippen LogP contribution >= 0.6 is 11.3 Å². The Morgan fingerprint density at radius 3 is 2.52 bits per heavy atom. The molecule has 210 valence electrons. The van der Waals surface area contributed by atoms with Crippen LogP contribution in [0.5, 0.6) is 0 Å². The van der Waals surface area contributed by atoms with Gasteiger partial charge in [0.1, 0.15) is 5.01 Å². The van der Waals surface area contributed by atoms with Crippen molar-refractivity contribution in [2.45, 2.75) is 44.6 Å². The fourth-order valence-corrected chi connectivity index (χ4v) is 7.70. The van der Waals surface area contributed by atoms with Gasteiger partial charge < -0.3 is 10.6 Å². The predicted molar refractivity (Wildman–Crippen MR) is 163 cm³/mol. The lowest BCUT2D eigenvalue weighted by Gasteiger charge is -2.31. The fourth-order valence-electron chi connectivity index (χ4n) is 5.01. The van der Waals surface area contributed by atoms with Gasteiger partial charge >= 0.3 is 6.03 Å². The Balaban J connectivity index is 1.49. The lowest BCUT2D eigenvalue weighted by molar-refractivity contribution is 0.201. The molecule has 1 unspecified atom stereocenters. The number of amides is 2. The van der Waals surface area contributed by atoms with E-state index in [0.717, 1.165) is 17.0 Å². The van der Waals surface area contributed by atoms with E-state index >= 15 is 0 Å². The Hall–Kier alpha value is -3.47. The first-order valence-electron chi connectivity index (χ1n) is 13.2. The van der Waals surface area contributed by atoms with Crippen LogP contribution in [0.1, 0.15) is 34.1 Å². The number of thiazole rings is 1. The van der Waals surface area contributed by atoms with Crippen molar-refractivity contribution in [1.82, 2.24) is 14.6 Å². The van der Waals surface area contributed by atoms with Crippen LogP contribution < -0.4 is 15.4 Å². The molecule has 5 rings (SSSR count). The predicted octanol–water partition coefficient (Wildman–Crippen LogP) is 5.90. The standard InChI is InChI=1S/C30H35N5O3S2/c1-29(2,3)33-40(37,38)26-18-23(35-17-16-34(28(35)36)20-30(4)14-6-5-7-15-30)12-13-24(26)25-19-32-27(39-25)21-8-10-22(31)11-9-21/h5-14,18-19,33H,15-17,20,31H2,1-4H3. The van der Waals surface area contributed by atoms with Crippen LogP contribution in [-0.2, 0) is 10.0 Å².